The molecule has 0 unspecified atom stereocenters. The maximum atomic E-state index is 12.5. The Kier molecular flexibility index (Phi) is 5.07. The van der Waals surface area contributed by atoms with Crippen LogP contribution in [0.25, 0.3) is 0 Å². The molecule has 1 aliphatic rings. The lowest BCUT2D eigenvalue weighted by molar-refractivity contribution is 0.0881. The predicted octanol–water partition coefficient (Wildman–Crippen LogP) is 2.34. The molecule has 0 aliphatic heterocycles. The maximum Gasteiger partial charge on any atom is 0.252 e. The highest BCUT2D eigenvalue weighted by Gasteiger charge is 2.38. The average molecular weight is 369 g/mol. The summed E-state index contributed by atoms with van der Waals surface area (Å²) in [5.74, 6) is -0.439. The van der Waals surface area contributed by atoms with Crippen LogP contribution in [-0.4, -0.2) is 19.9 Å². The molecule has 0 bridgehead atoms. The van der Waals surface area contributed by atoms with Crippen LogP contribution in [0.1, 0.15) is 35.2 Å². The minimum Gasteiger partial charge on any atom is -0.334 e. The lowest BCUT2D eigenvalue weighted by Gasteiger charge is -2.35. The van der Waals surface area contributed by atoms with Crippen molar-refractivity contribution in [3.05, 3.63) is 65.7 Å². The molecule has 0 saturated heterocycles. The van der Waals surface area contributed by atoms with Crippen molar-refractivity contribution in [1.82, 2.24) is 10.0 Å². The monoisotopic (exact) mass is 369 g/mol. The summed E-state index contributed by atoms with van der Waals surface area (Å²) >= 11 is 0. The molecule has 2 aromatic rings. The van der Waals surface area contributed by atoms with Crippen molar-refractivity contribution in [3.8, 4) is 6.07 Å². The fraction of sp³-hybridized carbons (Fsp3) is 0.263. The van der Waals surface area contributed by atoms with Gasteiger partial charge in [0.15, 0.2) is 0 Å². The average Bonchev–Trinajstić information content (AvgIpc) is 2.64. The van der Waals surface area contributed by atoms with Crippen LogP contribution < -0.4 is 10.0 Å². The minimum absolute atomic E-state index is 0.0145. The standard InChI is InChI=1S/C19H19N3O3S/c20-14-19(10-5-11-19)22-18(23)16-8-4-9-17(12-16)26(24,25)21-13-15-6-2-1-3-7-15/h1-4,6-9,12,21H,5,10-11,13H2,(H,22,23). The Labute approximate surface area is 152 Å². The summed E-state index contributed by atoms with van der Waals surface area (Å²) in [7, 11) is -3.75. The molecule has 0 atom stereocenters. The third kappa shape index (κ3) is 3.93. The molecule has 1 aliphatic carbocycles. The van der Waals surface area contributed by atoms with Crippen LogP contribution in [0.3, 0.4) is 0 Å². The molecule has 1 fully saturated rings. The van der Waals surface area contributed by atoms with E-state index in [0.29, 0.717) is 12.8 Å². The van der Waals surface area contributed by atoms with Gasteiger partial charge in [-0.25, -0.2) is 13.1 Å². The van der Waals surface area contributed by atoms with Gasteiger partial charge in [0, 0.05) is 12.1 Å². The third-order valence-electron chi connectivity index (χ3n) is 4.49. The van der Waals surface area contributed by atoms with E-state index in [2.05, 4.69) is 16.1 Å². The summed E-state index contributed by atoms with van der Waals surface area (Å²) in [6, 6.07) is 17.1. The first-order chi connectivity index (χ1) is 12.4. The van der Waals surface area contributed by atoms with Crippen LogP contribution in [0, 0.1) is 11.3 Å². The van der Waals surface area contributed by atoms with E-state index >= 15 is 0 Å². The van der Waals surface area contributed by atoms with Crippen molar-refractivity contribution in [1.29, 1.82) is 5.26 Å². The summed E-state index contributed by atoms with van der Waals surface area (Å²) in [5.41, 5.74) is 0.234. The van der Waals surface area contributed by atoms with Crippen LogP contribution >= 0.6 is 0 Å². The maximum absolute atomic E-state index is 12.5. The van der Waals surface area contributed by atoms with Crippen molar-refractivity contribution in [3.63, 3.8) is 0 Å². The molecule has 0 spiro atoms. The number of amides is 1. The van der Waals surface area contributed by atoms with E-state index < -0.39 is 21.5 Å². The first kappa shape index (κ1) is 18.1. The predicted molar refractivity (Wildman–Crippen MR) is 96.6 cm³/mol. The fourth-order valence-corrected chi connectivity index (χ4v) is 3.81. The first-order valence-electron chi connectivity index (χ1n) is 8.32. The summed E-state index contributed by atoms with van der Waals surface area (Å²) < 4.78 is 27.5. The molecule has 26 heavy (non-hydrogen) atoms. The highest BCUT2D eigenvalue weighted by molar-refractivity contribution is 7.89. The van der Waals surface area contributed by atoms with Crippen LogP contribution in [-0.2, 0) is 16.6 Å². The number of hydrogen-bond donors (Lipinski definition) is 2. The Morgan fingerprint density at radius 3 is 2.46 bits per heavy atom. The van der Waals surface area contributed by atoms with Crippen molar-refractivity contribution in [2.45, 2.75) is 36.2 Å². The Bertz CT molecular complexity index is 945. The molecule has 3 rings (SSSR count). The molecule has 0 radical (unpaired) electrons. The van der Waals surface area contributed by atoms with E-state index in [1.807, 2.05) is 30.3 Å². The Hall–Kier alpha value is -2.69. The molecule has 7 heteroatoms. The van der Waals surface area contributed by atoms with Crippen LogP contribution in [0.5, 0.6) is 0 Å². The molecular weight excluding hydrogens is 350 g/mol. The van der Waals surface area contributed by atoms with Gasteiger partial charge < -0.3 is 5.32 Å². The fourth-order valence-electron chi connectivity index (χ4n) is 2.75. The van der Waals surface area contributed by atoms with E-state index in [1.165, 1.54) is 24.3 Å². The zero-order chi connectivity index (χ0) is 18.6. The van der Waals surface area contributed by atoms with Gasteiger partial charge in [0.1, 0.15) is 5.54 Å². The molecule has 6 nitrogen and oxygen atoms in total. The van der Waals surface area contributed by atoms with Crippen molar-refractivity contribution >= 4 is 15.9 Å². The molecule has 1 saturated carbocycles. The van der Waals surface area contributed by atoms with Gasteiger partial charge in [-0.2, -0.15) is 5.26 Å². The van der Waals surface area contributed by atoms with Gasteiger partial charge >= 0.3 is 0 Å². The summed E-state index contributed by atoms with van der Waals surface area (Å²) in [5, 5.41) is 11.9. The largest absolute Gasteiger partial charge is 0.334 e. The Morgan fingerprint density at radius 2 is 1.85 bits per heavy atom. The molecule has 134 valence electrons. The highest BCUT2D eigenvalue weighted by Crippen LogP contribution is 2.31. The first-order valence-corrected chi connectivity index (χ1v) is 9.80. The van der Waals surface area contributed by atoms with Gasteiger partial charge in [-0.1, -0.05) is 36.4 Å². The van der Waals surface area contributed by atoms with Gasteiger partial charge in [0.25, 0.3) is 5.91 Å². The zero-order valence-corrected chi connectivity index (χ0v) is 14.9. The highest BCUT2D eigenvalue weighted by atomic mass is 32.2. The number of nitriles is 1. The van der Waals surface area contributed by atoms with E-state index in [-0.39, 0.29) is 17.0 Å². The number of hydrogen-bond acceptors (Lipinski definition) is 4. The van der Waals surface area contributed by atoms with Crippen molar-refractivity contribution in [2.24, 2.45) is 0 Å². The summed E-state index contributed by atoms with van der Waals surface area (Å²) in [6.45, 7) is 0.164. The van der Waals surface area contributed by atoms with E-state index in [0.717, 1.165) is 12.0 Å². The van der Waals surface area contributed by atoms with Gasteiger partial charge in [0.05, 0.1) is 11.0 Å². The Balaban J connectivity index is 1.73. The quantitative estimate of drug-likeness (QED) is 0.816. The number of nitrogens with one attached hydrogen (secondary N) is 2. The van der Waals surface area contributed by atoms with Gasteiger partial charge in [-0.3, -0.25) is 4.79 Å². The normalized spacial score (nSPS) is 15.5. The molecule has 0 heterocycles. The number of rotatable bonds is 6. The van der Waals surface area contributed by atoms with Crippen LogP contribution in [0.4, 0.5) is 0 Å². The lowest BCUT2D eigenvalue weighted by Crippen LogP contribution is -2.52. The van der Waals surface area contributed by atoms with E-state index in [9.17, 15) is 18.5 Å². The SMILES string of the molecule is N#CC1(NC(=O)c2cccc(S(=O)(=O)NCc3ccccc3)c2)CCC1. The lowest BCUT2D eigenvalue weighted by atomic mass is 9.78. The van der Waals surface area contributed by atoms with E-state index in [4.69, 9.17) is 0 Å². The van der Waals surface area contributed by atoms with Gasteiger partial charge in [-0.15, -0.1) is 0 Å². The minimum atomic E-state index is -3.75. The zero-order valence-electron chi connectivity index (χ0n) is 14.1. The number of sulfonamides is 1. The molecular formula is C19H19N3O3S. The number of carbonyl (C=O) groups excluding carboxylic acids is 1. The number of nitrogens with zero attached hydrogens (tertiary/aromatic N) is 1. The van der Waals surface area contributed by atoms with Crippen molar-refractivity contribution in [2.75, 3.05) is 0 Å². The summed E-state index contributed by atoms with van der Waals surface area (Å²) in [6.07, 6.45) is 2.13. The molecule has 2 aromatic carbocycles. The molecule has 2 N–H and O–H groups in total. The van der Waals surface area contributed by atoms with Gasteiger partial charge in [-0.05, 0) is 43.0 Å². The smallest absolute Gasteiger partial charge is 0.252 e. The third-order valence-corrected chi connectivity index (χ3v) is 5.89. The topological polar surface area (TPSA) is 99.1 Å². The van der Waals surface area contributed by atoms with E-state index in [1.54, 1.807) is 0 Å². The molecule has 1 amide bonds. The second kappa shape index (κ2) is 7.28. The Morgan fingerprint density at radius 1 is 1.12 bits per heavy atom. The summed E-state index contributed by atoms with van der Waals surface area (Å²) in [4.78, 5) is 12.4. The number of benzene rings is 2. The molecule has 0 aromatic heterocycles. The number of carbonyl (C=O) groups is 1. The second-order valence-electron chi connectivity index (χ2n) is 6.34. The second-order valence-corrected chi connectivity index (χ2v) is 8.11. The van der Waals surface area contributed by atoms with Gasteiger partial charge in [0.2, 0.25) is 10.0 Å². The van der Waals surface area contributed by atoms with Crippen LogP contribution in [0.15, 0.2) is 59.5 Å². The van der Waals surface area contributed by atoms with Crippen LogP contribution in [0.2, 0.25) is 0 Å². The van der Waals surface area contributed by atoms with Crippen molar-refractivity contribution < 1.29 is 13.2 Å².